The number of fused-ring (bicyclic) bond motifs is 7. The van der Waals surface area contributed by atoms with Gasteiger partial charge in [0.25, 0.3) is 5.56 Å². The molecule has 3 fully saturated rings. The fourth-order valence-corrected chi connectivity index (χ4v) is 7.27. The molecule has 4 atom stereocenters. The fraction of sp³-hybridized carbons (Fsp3) is 0.682. The second-order valence-corrected chi connectivity index (χ2v) is 10.5. The number of hydrogen-bond donors (Lipinski definition) is 0. The minimum absolute atomic E-state index is 0.0559. The van der Waals surface area contributed by atoms with E-state index in [0.29, 0.717) is 6.04 Å². The van der Waals surface area contributed by atoms with Gasteiger partial charge in [-0.05, 0) is 64.0 Å². The zero-order chi connectivity index (χ0) is 19.5. The molecule has 0 saturated carbocycles. The first-order chi connectivity index (χ1) is 14.2. The predicted molar refractivity (Wildman–Crippen MR) is 114 cm³/mol. The Morgan fingerprint density at radius 1 is 1.24 bits per heavy atom. The number of piperidine rings is 3. The normalized spacial score (nSPS) is 32.7. The number of hydrogen-bond acceptors (Lipinski definition) is 6. The van der Waals surface area contributed by atoms with Gasteiger partial charge >= 0.3 is 0 Å². The van der Waals surface area contributed by atoms with E-state index in [1.807, 2.05) is 6.92 Å². The van der Waals surface area contributed by atoms with Crippen LogP contribution in [0.2, 0.25) is 0 Å². The van der Waals surface area contributed by atoms with Crippen molar-refractivity contribution in [3.8, 4) is 0 Å². The van der Waals surface area contributed by atoms with Gasteiger partial charge in [-0.15, -0.1) is 0 Å². The van der Waals surface area contributed by atoms with Crippen molar-refractivity contribution in [1.29, 1.82) is 0 Å². The molecular formula is C22H29N5OS. The lowest BCUT2D eigenvalue weighted by molar-refractivity contribution is -0.00290. The van der Waals surface area contributed by atoms with E-state index in [9.17, 15) is 4.79 Å². The van der Waals surface area contributed by atoms with E-state index in [4.69, 9.17) is 4.98 Å². The van der Waals surface area contributed by atoms with Crippen LogP contribution in [0.4, 0.5) is 0 Å². The third kappa shape index (κ3) is 3.09. The topological polar surface area (TPSA) is 53.7 Å². The zero-order valence-corrected chi connectivity index (χ0v) is 17.9. The molecule has 6 nitrogen and oxygen atoms in total. The van der Waals surface area contributed by atoms with E-state index in [0.717, 1.165) is 46.6 Å². The van der Waals surface area contributed by atoms with Crippen molar-refractivity contribution in [2.24, 2.45) is 11.8 Å². The molecule has 2 aromatic rings. The first-order valence-electron chi connectivity index (χ1n) is 11.2. The molecule has 7 heteroatoms. The van der Waals surface area contributed by atoms with Gasteiger partial charge in [0.15, 0.2) is 0 Å². The number of nitrogens with zero attached hydrogens (tertiary/aromatic N) is 5. The van der Waals surface area contributed by atoms with Crippen LogP contribution in [0.1, 0.15) is 49.2 Å². The van der Waals surface area contributed by atoms with Crippen LogP contribution in [-0.2, 0) is 6.54 Å². The van der Waals surface area contributed by atoms with Crippen molar-refractivity contribution >= 4 is 16.3 Å². The van der Waals surface area contributed by atoms with Crippen LogP contribution < -0.4 is 5.56 Å². The van der Waals surface area contributed by atoms with Gasteiger partial charge < -0.3 is 0 Å². The molecule has 0 amide bonds. The maximum atomic E-state index is 12.5. The minimum atomic E-state index is -0.0559. The van der Waals surface area contributed by atoms with Crippen molar-refractivity contribution in [3.63, 3.8) is 0 Å². The minimum Gasteiger partial charge on any atom is -0.299 e. The Balaban J connectivity index is 1.31. The van der Waals surface area contributed by atoms with Crippen LogP contribution in [0.25, 0.3) is 4.96 Å². The lowest BCUT2D eigenvalue weighted by atomic mass is 9.68. The molecule has 3 aliphatic heterocycles. The molecule has 0 aromatic carbocycles. The molecule has 0 radical (unpaired) electrons. The van der Waals surface area contributed by atoms with E-state index in [1.54, 1.807) is 11.6 Å². The highest BCUT2D eigenvalue weighted by atomic mass is 32.1. The summed E-state index contributed by atoms with van der Waals surface area (Å²) < 4.78 is 1.44. The van der Waals surface area contributed by atoms with Crippen LogP contribution in [-0.4, -0.2) is 56.1 Å². The molecule has 154 valence electrons. The van der Waals surface area contributed by atoms with Crippen molar-refractivity contribution in [2.75, 3.05) is 19.6 Å². The van der Waals surface area contributed by atoms with E-state index in [2.05, 4.69) is 21.0 Å². The van der Waals surface area contributed by atoms with Gasteiger partial charge in [0.05, 0.1) is 5.69 Å². The molecule has 2 unspecified atom stereocenters. The van der Waals surface area contributed by atoms with Gasteiger partial charge in [-0.25, -0.2) is 4.98 Å². The van der Waals surface area contributed by atoms with E-state index < -0.39 is 0 Å². The molecule has 5 heterocycles. The molecule has 2 bridgehead atoms. The summed E-state index contributed by atoms with van der Waals surface area (Å²) in [5.41, 5.74) is 2.52. The molecule has 1 aliphatic carbocycles. The average molecular weight is 412 g/mol. The third-order valence-corrected chi connectivity index (χ3v) is 8.35. The van der Waals surface area contributed by atoms with Gasteiger partial charge in [0.1, 0.15) is 5.01 Å². The van der Waals surface area contributed by atoms with Gasteiger partial charge in [0, 0.05) is 31.2 Å². The molecule has 0 N–H and O–H groups in total. The quantitative estimate of drug-likeness (QED) is 0.712. The number of aryl methyl sites for hydroxylation is 1. The molecule has 0 spiro atoms. The van der Waals surface area contributed by atoms with E-state index in [-0.39, 0.29) is 5.56 Å². The van der Waals surface area contributed by atoms with Gasteiger partial charge in [-0.3, -0.25) is 14.6 Å². The van der Waals surface area contributed by atoms with Gasteiger partial charge in [-0.2, -0.15) is 9.61 Å². The molecular weight excluding hydrogens is 382 g/mol. The maximum Gasteiger partial charge on any atom is 0.275 e. The third-order valence-electron chi connectivity index (χ3n) is 7.53. The zero-order valence-electron chi connectivity index (χ0n) is 17.1. The molecule has 4 aliphatic rings. The summed E-state index contributed by atoms with van der Waals surface area (Å²) in [6, 6.07) is 3.02. The first-order valence-corrected chi connectivity index (χ1v) is 12.0. The van der Waals surface area contributed by atoms with Crippen LogP contribution in [0.5, 0.6) is 0 Å². The average Bonchev–Trinajstić information content (AvgIpc) is 3.09. The van der Waals surface area contributed by atoms with E-state index >= 15 is 0 Å². The summed E-state index contributed by atoms with van der Waals surface area (Å²) in [4.78, 5) is 23.4. The lowest BCUT2D eigenvalue weighted by Gasteiger charge is -2.54. The Kier molecular flexibility index (Phi) is 4.39. The highest BCUT2D eigenvalue weighted by molar-refractivity contribution is 7.16. The number of likely N-dealkylation sites (tertiary alicyclic amines) is 1. The SMILES string of the molecule is Cc1nn2c(=O)cc(CN3CCCC4=CC5CC(CN6CCCC[C@H]56)[C@@H]43)nc2s1. The van der Waals surface area contributed by atoms with Crippen LogP contribution >= 0.6 is 11.3 Å². The molecule has 3 saturated heterocycles. The molecule has 2 aromatic heterocycles. The van der Waals surface area contributed by atoms with Crippen molar-refractivity contribution in [3.05, 3.63) is 38.8 Å². The summed E-state index contributed by atoms with van der Waals surface area (Å²) in [5, 5.41) is 5.16. The second-order valence-electron chi connectivity index (χ2n) is 9.38. The monoisotopic (exact) mass is 411 g/mol. The maximum absolute atomic E-state index is 12.5. The van der Waals surface area contributed by atoms with Crippen LogP contribution in [0, 0.1) is 18.8 Å². The lowest BCUT2D eigenvalue weighted by Crippen LogP contribution is -2.59. The Labute approximate surface area is 175 Å². The standard InChI is InChI=1S/C22H29N5OS/c1-14-24-27-20(28)11-18(23-22(27)29-14)13-26-8-4-5-15-9-16-10-17(21(15)26)12-25-7-3-2-6-19(16)25/h9,11,16-17,19,21H,2-8,10,12-13H2,1H3/t16?,17?,19-,21-/m1/s1. The fourth-order valence-electron chi connectivity index (χ4n) is 6.50. The van der Waals surface area contributed by atoms with Crippen LogP contribution in [0.15, 0.2) is 22.5 Å². The van der Waals surface area contributed by atoms with Crippen molar-refractivity contribution < 1.29 is 0 Å². The smallest absolute Gasteiger partial charge is 0.275 e. The van der Waals surface area contributed by atoms with Crippen molar-refractivity contribution in [1.82, 2.24) is 24.4 Å². The Hall–Kier alpha value is -1.57. The first kappa shape index (κ1) is 18.2. The predicted octanol–water partition coefficient (Wildman–Crippen LogP) is 2.85. The van der Waals surface area contributed by atoms with Crippen LogP contribution in [0.3, 0.4) is 0 Å². The Morgan fingerprint density at radius 3 is 3.10 bits per heavy atom. The summed E-state index contributed by atoms with van der Waals surface area (Å²) in [7, 11) is 0. The second kappa shape index (κ2) is 7.00. The Bertz CT molecular complexity index is 1030. The highest BCUT2D eigenvalue weighted by Crippen LogP contribution is 2.45. The van der Waals surface area contributed by atoms with Crippen molar-refractivity contribution in [2.45, 2.75) is 64.1 Å². The molecule has 29 heavy (non-hydrogen) atoms. The van der Waals surface area contributed by atoms with Gasteiger partial charge in [0.2, 0.25) is 4.96 Å². The largest absolute Gasteiger partial charge is 0.299 e. The highest BCUT2D eigenvalue weighted by Gasteiger charge is 2.45. The Morgan fingerprint density at radius 2 is 2.17 bits per heavy atom. The number of aromatic nitrogens is 3. The summed E-state index contributed by atoms with van der Waals surface area (Å²) in [6.07, 6.45) is 10.6. The number of rotatable bonds is 2. The summed E-state index contributed by atoms with van der Waals surface area (Å²) in [5.74, 6) is 1.49. The van der Waals surface area contributed by atoms with Gasteiger partial charge in [-0.1, -0.05) is 29.4 Å². The van der Waals surface area contributed by atoms with E-state index in [1.165, 1.54) is 67.5 Å². The molecule has 6 rings (SSSR count). The summed E-state index contributed by atoms with van der Waals surface area (Å²) >= 11 is 1.50. The summed E-state index contributed by atoms with van der Waals surface area (Å²) in [6.45, 7) is 6.34.